The standard InChI is InChI=1S/C11H16N2O4/c1-3-4-8(2)12-11(16)13-5-6-17-7-9(13)10(14)15/h1,8-9H,4-7H2,2H3,(H,12,16)(H,14,15). The number of carbonyl (C=O) groups is 2. The summed E-state index contributed by atoms with van der Waals surface area (Å²) in [5.74, 6) is 1.37. The molecule has 1 aliphatic heterocycles. The molecule has 0 bridgehead atoms. The van der Waals surface area contributed by atoms with E-state index in [2.05, 4.69) is 11.2 Å². The Balaban J connectivity index is 2.59. The third-order valence-electron chi connectivity index (χ3n) is 2.47. The molecule has 2 N–H and O–H groups in total. The van der Waals surface area contributed by atoms with Gasteiger partial charge in [0.2, 0.25) is 0 Å². The predicted molar refractivity (Wildman–Crippen MR) is 60.4 cm³/mol. The van der Waals surface area contributed by atoms with Crippen LogP contribution < -0.4 is 5.32 Å². The SMILES string of the molecule is C#CCC(C)NC(=O)N1CCOCC1C(=O)O. The van der Waals surface area contributed by atoms with E-state index in [-0.39, 0.29) is 19.2 Å². The van der Waals surface area contributed by atoms with Crippen molar-refractivity contribution in [1.82, 2.24) is 10.2 Å². The lowest BCUT2D eigenvalue weighted by molar-refractivity contribution is -0.147. The average molecular weight is 240 g/mol. The van der Waals surface area contributed by atoms with Gasteiger partial charge in [-0.05, 0) is 6.92 Å². The van der Waals surface area contributed by atoms with Gasteiger partial charge in [-0.1, -0.05) is 0 Å². The third-order valence-corrected chi connectivity index (χ3v) is 2.47. The Labute approximate surface area is 99.9 Å². The number of aliphatic carboxylic acids is 1. The number of hydrogen-bond acceptors (Lipinski definition) is 3. The number of nitrogens with zero attached hydrogens (tertiary/aromatic N) is 1. The normalized spacial score (nSPS) is 21.4. The third kappa shape index (κ3) is 3.64. The highest BCUT2D eigenvalue weighted by atomic mass is 16.5. The van der Waals surface area contributed by atoms with E-state index in [1.807, 2.05) is 0 Å². The van der Waals surface area contributed by atoms with Crippen LogP contribution in [0.25, 0.3) is 0 Å². The van der Waals surface area contributed by atoms with E-state index in [4.69, 9.17) is 16.3 Å². The van der Waals surface area contributed by atoms with E-state index >= 15 is 0 Å². The molecule has 2 unspecified atom stereocenters. The summed E-state index contributed by atoms with van der Waals surface area (Å²) in [4.78, 5) is 24.0. The maximum absolute atomic E-state index is 11.8. The number of morpholine rings is 1. The Hall–Kier alpha value is -1.74. The summed E-state index contributed by atoms with van der Waals surface area (Å²) in [5, 5.41) is 11.6. The Morgan fingerprint density at radius 1 is 1.71 bits per heavy atom. The number of terminal acetylenes is 1. The number of ether oxygens (including phenoxy) is 1. The second-order valence-electron chi connectivity index (χ2n) is 3.88. The Kier molecular flexibility index (Phi) is 4.79. The number of urea groups is 1. The van der Waals surface area contributed by atoms with Gasteiger partial charge in [0.15, 0.2) is 6.04 Å². The predicted octanol–water partition coefficient (Wildman–Crippen LogP) is -0.107. The van der Waals surface area contributed by atoms with Gasteiger partial charge in [0, 0.05) is 19.0 Å². The van der Waals surface area contributed by atoms with Crippen molar-refractivity contribution in [2.45, 2.75) is 25.4 Å². The molecular weight excluding hydrogens is 224 g/mol. The fourth-order valence-electron chi connectivity index (χ4n) is 1.57. The molecular formula is C11H16N2O4. The zero-order valence-electron chi connectivity index (χ0n) is 9.68. The van der Waals surface area contributed by atoms with Crippen LogP contribution in [0.3, 0.4) is 0 Å². The molecule has 0 aliphatic carbocycles. The number of nitrogens with one attached hydrogen (secondary N) is 1. The van der Waals surface area contributed by atoms with Crippen molar-refractivity contribution in [3.63, 3.8) is 0 Å². The summed E-state index contributed by atoms with van der Waals surface area (Å²) in [6.45, 7) is 2.41. The molecule has 94 valence electrons. The highest BCUT2D eigenvalue weighted by Gasteiger charge is 2.32. The van der Waals surface area contributed by atoms with Crippen LogP contribution >= 0.6 is 0 Å². The lowest BCUT2D eigenvalue weighted by atomic mass is 10.2. The smallest absolute Gasteiger partial charge is 0.328 e. The van der Waals surface area contributed by atoms with Crippen molar-refractivity contribution in [1.29, 1.82) is 0 Å². The van der Waals surface area contributed by atoms with Crippen LogP contribution in [0.2, 0.25) is 0 Å². The average Bonchev–Trinajstić information content (AvgIpc) is 2.29. The molecule has 2 amide bonds. The maximum Gasteiger partial charge on any atom is 0.328 e. The van der Waals surface area contributed by atoms with E-state index in [0.717, 1.165) is 0 Å². The number of hydrogen-bond donors (Lipinski definition) is 2. The van der Waals surface area contributed by atoms with Crippen LogP contribution in [0.15, 0.2) is 0 Å². The molecule has 17 heavy (non-hydrogen) atoms. The Morgan fingerprint density at radius 3 is 3.00 bits per heavy atom. The van der Waals surface area contributed by atoms with Gasteiger partial charge in [-0.2, -0.15) is 0 Å². The number of carbonyl (C=O) groups excluding carboxylic acids is 1. The number of carboxylic acids is 1. The van der Waals surface area contributed by atoms with Gasteiger partial charge in [0.1, 0.15) is 0 Å². The minimum absolute atomic E-state index is 0.0201. The fourth-order valence-corrected chi connectivity index (χ4v) is 1.57. The van der Waals surface area contributed by atoms with Gasteiger partial charge in [-0.15, -0.1) is 12.3 Å². The van der Waals surface area contributed by atoms with Crippen molar-refractivity contribution in [3.05, 3.63) is 0 Å². The number of rotatable bonds is 3. The molecule has 1 fully saturated rings. The molecule has 2 atom stereocenters. The van der Waals surface area contributed by atoms with Crippen LogP contribution in [0.4, 0.5) is 4.79 Å². The second kappa shape index (κ2) is 6.11. The van der Waals surface area contributed by atoms with Crippen molar-refractivity contribution in [2.24, 2.45) is 0 Å². The summed E-state index contributed by atoms with van der Waals surface area (Å²) in [6, 6.07) is -1.52. The van der Waals surface area contributed by atoms with E-state index in [0.29, 0.717) is 13.0 Å². The van der Waals surface area contributed by atoms with Crippen LogP contribution in [0, 0.1) is 12.3 Å². The molecule has 0 aromatic heterocycles. The molecule has 0 saturated carbocycles. The van der Waals surface area contributed by atoms with Crippen molar-refractivity contribution in [2.75, 3.05) is 19.8 Å². The van der Waals surface area contributed by atoms with Gasteiger partial charge in [-0.25, -0.2) is 9.59 Å². The summed E-state index contributed by atoms with van der Waals surface area (Å²) < 4.78 is 5.04. The van der Waals surface area contributed by atoms with Crippen LogP contribution in [-0.2, 0) is 9.53 Å². The molecule has 1 rings (SSSR count). The van der Waals surface area contributed by atoms with E-state index in [1.54, 1.807) is 6.92 Å². The topological polar surface area (TPSA) is 78.9 Å². The van der Waals surface area contributed by atoms with Gasteiger partial charge in [0.05, 0.1) is 13.2 Å². The quantitative estimate of drug-likeness (QED) is 0.675. The highest BCUT2D eigenvalue weighted by Crippen LogP contribution is 2.08. The Bertz CT molecular complexity index is 337. The molecule has 0 aromatic carbocycles. The van der Waals surface area contributed by atoms with Gasteiger partial charge in [0.25, 0.3) is 0 Å². The first-order chi connectivity index (χ1) is 8.06. The largest absolute Gasteiger partial charge is 0.480 e. The minimum atomic E-state index is -1.07. The van der Waals surface area contributed by atoms with E-state index in [9.17, 15) is 9.59 Å². The highest BCUT2D eigenvalue weighted by molar-refractivity contribution is 5.83. The molecule has 0 aromatic rings. The summed E-state index contributed by atoms with van der Waals surface area (Å²) in [6.07, 6.45) is 5.54. The Morgan fingerprint density at radius 2 is 2.41 bits per heavy atom. The molecule has 6 heteroatoms. The number of carboxylic acid groups (broad SMARTS) is 1. The summed E-state index contributed by atoms with van der Waals surface area (Å²) in [5.41, 5.74) is 0. The van der Waals surface area contributed by atoms with Gasteiger partial charge in [-0.3, -0.25) is 0 Å². The second-order valence-corrected chi connectivity index (χ2v) is 3.88. The van der Waals surface area contributed by atoms with Crippen molar-refractivity contribution < 1.29 is 19.4 Å². The first kappa shape index (κ1) is 13.3. The van der Waals surface area contributed by atoms with Crippen LogP contribution in [0.5, 0.6) is 0 Å². The van der Waals surface area contributed by atoms with Crippen molar-refractivity contribution in [3.8, 4) is 12.3 Å². The van der Waals surface area contributed by atoms with Crippen LogP contribution in [-0.4, -0.2) is 53.8 Å². The molecule has 1 saturated heterocycles. The van der Waals surface area contributed by atoms with E-state index in [1.165, 1.54) is 4.90 Å². The lowest BCUT2D eigenvalue weighted by Gasteiger charge is -2.33. The molecule has 0 radical (unpaired) electrons. The minimum Gasteiger partial charge on any atom is -0.480 e. The molecule has 6 nitrogen and oxygen atoms in total. The van der Waals surface area contributed by atoms with Crippen LogP contribution in [0.1, 0.15) is 13.3 Å². The molecule has 1 heterocycles. The maximum atomic E-state index is 11.8. The van der Waals surface area contributed by atoms with Crippen molar-refractivity contribution >= 4 is 12.0 Å². The summed E-state index contributed by atoms with van der Waals surface area (Å²) in [7, 11) is 0. The lowest BCUT2D eigenvalue weighted by Crippen LogP contribution is -2.56. The first-order valence-electron chi connectivity index (χ1n) is 5.37. The summed E-state index contributed by atoms with van der Waals surface area (Å²) >= 11 is 0. The molecule has 1 aliphatic rings. The fraction of sp³-hybridized carbons (Fsp3) is 0.636. The van der Waals surface area contributed by atoms with E-state index < -0.39 is 18.0 Å². The van der Waals surface area contributed by atoms with Gasteiger partial charge >= 0.3 is 12.0 Å². The van der Waals surface area contributed by atoms with Gasteiger partial charge < -0.3 is 20.1 Å². The first-order valence-corrected chi connectivity index (χ1v) is 5.37. The number of amides is 2. The zero-order chi connectivity index (χ0) is 12.8. The zero-order valence-corrected chi connectivity index (χ0v) is 9.68. The monoisotopic (exact) mass is 240 g/mol. The molecule has 0 spiro atoms.